The fourth-order valence-electron chi connectivity index (χ4n) is 2.74. The summed E-state index contributed by atoms with van der Waals surface area (Å²) >= 11 is 0. The van der Waals surface area contributed by atoms with Crippen molar-refractivity contribution >= 4 is 11.6 Å². The average Bonchev–Trinajstić information content (AvgIpc) is 2.54. The van der Waals surface area contributed by atoms with Crippen LogP contribution in [0.1, 0.15) is 31.2 Å². The molecule has 1 aliphatic heterocycles. The molecule has 0 amide bonds. The van der Waals surface area contributed by atoms with E-state index in [1.165, 1.54) is 18.4 Å². The Morgan fingerprint density at radius 3 is 2.64 bits per heavy atom. The Morgan fingerprint density at radius 1 is 1.18 bits per heavy atom. The molecule has 2 aromatic heterocycles. The van der Waals surface area contributed by atoms with Crippen molar-refractivity contribution in [3.63, 3.8) is 0 Å². The number of hydrogen-bond donors (Lipinski definition) is 1. The number of aromatic nitrogens is 3. The maximum atomic E-state index is 4.60. The minimum Gasteiger partial charge on any atom is -0.366 e. The zero-order valence-electron chi connectivity index (χ0n) is 13.3. The largest absolute Gasteiger partial charge is 0.366 e. The lowest BCUT2D eigenvalue weighted by molar-refractivity contribution is 0.436. The highest BCUT2D eigenvalue weighted by Crippen LogP contribution is 2.23. The van der Waals surface area contributed by atoms with E-state index in [-0.39, 0.29) is 0 Å². The first-order chi connectivity index (χ1) is 10.7. The number of nitrogens with one attached hydrogen (secondary N) is 1. The van der Waals surface area contributed by atoms with Crippen LogP contribution in [0, 0.1) is 12.8 Å². The number of hydrogen-bond acceptors (Lipinski definition) is 5. The molecule has 1 N–H and O–H groups in total. The van der Waals surface area contributed by atoms with Gasteiger partial charge < -0.3 is 10.2 Å². The van der Waals surface area contributed by atoms with E-state index in [2.05, 4.69) is 38.2 Å². The second-order valence-electron chi connectivity index (χ2n) is 6.04. The smallest absolute Gasteiger partial charge is 0.134 e. The van der Waals surface area contributed by atoms with Gasteiger partial charge in [0, 0.05) is 38.1 Å². The minimum absolute atomic E-state index is 0.745. The summed E-state index contributed by atoms with van der Waals surface area (Å²) in [7, 11) is 0. The van der Waals surface area contributed by atoms with E-state index in [1.807, 2.05) is 31.5 Å². The van der Waals surface area contributed by atoms with Crippen LogP contribution >= 0.6 is 0 Å². The van der Waals surface area contributed by atoms with Gasteiger partial charge in [0.15, 0.2) is 0 Å². The van der Waals surface area contributed by atoms with Crippen LogP contribution in [0.4, 0.5) is 11.6 Å². The summed E-state index contributed by atoms with van der Waals surface area (Å²) in [6.07, 6.45) is 6.09. The van der Waals surface area contributed by atoms with E-state index in [9.17, 15) is 0 Å². The predicted molar refractivity (Wildman–Crippen MR) is 88.9 cm³/mol. The van der Waals surface area contributed by atoms with Crippen molar-refractivity contribution in [2.24, 2.45) is 5.92 Å². The van der Waals surface area contributed by atoms with Crippen molar-refractivity contribution in [1.29, 1.82) is 0 Å². The van der Waals surface area contributed by atoms with E-state index in [0.29, 0.717) is 0 Å². The normalized spacial score (nSPS) is 15.8. The third-order valence-electron chi connectivity index (χ3n) is 4.16. The Morgan fingerprint density at radius 2 is 1.91 bits per heavy atom. The summed E-state index contributed by atoms with van der Waals surface area (Å²) in [4.78, 5) is 15.5. The highest BCUT2D eigenvalue weighted by Gasteiger charge is 2.17. The Bertz CT molecular complexity index is 606. The minimum atomic E-state index is 0.745. The van der Waals surface area contributed by atoms with Crippen LogP contribution in [0.5, 0.6) is 0 Å². The molecule has 0 atom stereocenters. The molecule has 1 saturated heterocycles. The molecule has 5 heteroatoms. The molecule has 0 aliphatic carbocycles. The predicted octanol–water partition coefficient (Wildman–Crippen LogP) is 3.03. The highest BCUT2D eigenvalue weighted by atomic mass is 15.2. The lowest BCUT2D eigenvalue weighted by Gasteiger charge is -2.31. The standard InChI is InChI=1S/C17H23N5/c1-13-5-9-22(10-6-13)17-11-16(20-14(2)21-17)19-12-15-3-7-18-8-4-15/h3-4,7-8,11,13H,5-6,9-10,12H2,1-2H3,(H,19,20,21). The third kappa shape index (κ3) is 3.72. The van der Waals surface area contributed by atoms with Crippen LogP contribution < -0.4 is 10.2 Å². The Hall–Kier alpha value is -2.17. The molecule has 3 heterocycles. The van der Waals surface area contributed by atoms with Gasteiger partial charge in [-0.1, -0.05) is 6.92 Å². The molecule has 1 fully saturated rings. The zero-order chi connectivity index (χ0) is 15.4. The van der Waals surface area contributed by atoms with Gasteiger partial charge in [0.2, 0.25) is 0 Å². The quantitative estimate of drug-likeness (QED) is 0.940. The van der Waals surface area contributed by atoms with Crippen molar-refractivity contribution < 1.29 is 0 Å². The number of aryl methyl sites for hydroxylation is 1. The van der Waals surface area contributed by atoms with Gasteiger partial charge in [0.25, 0.3) is 0 Å². The molecule has 0 unspecified atom stereocenters. The van der Waals surface area contributed by atoms with Gasteiger partial charge in [-0.25, -0.2) is 9.97 Å². The molecule has 116 valence electrons. The van der Waals surface area contributed by atoms with Crippen LogP contribution in [0.15, 0.2) is 30.6 Å². The molecule has 0 saturated carbocycles. The van der Waals surface area contributed by atoms with Crippen molar-refractivity contribution in [1.82, 2.24) is 15.0 Å². The molecule has 0 bridgehead atoms. The van der Waals surface area contributed by atoms with E-state index < -0.39 is 0 Å². The molecule has 0 spiro atoms. The summed E-state index contributed by atoms with van der Waals surface area (Å²) in [5.74, 6) is 3.56. The molecule has 22 heavy (non-hydrogen) atoms. The summed E-state index contributed by atoms with van der Waals surface area (Å²) in [5.41, 5.74) is 1.19. The van der Waals surface area contributed by atoms with Crippen LogP contribution in [0.3, 0.4) is 0 Å². The fraction of sp³-hybridized carbons (Fsp3) is 0.471. The number of nitrogens with zero attached hydrogens (tertiary/aromatic N) is 4. The van der Waals surface area contributed by atoms with Crippen LogP contribution in [-0.4, -0.2) is 28.0 Å². The lowest BCUT2D eigenvalue weighted by Crippen LogP contribution is -2.33. The number of pyridine rings is 1. The monoisotopic (exact) mass is 297 g/mol. The lowest BCUT2D eigenvalue weighted by atomic mass is 9.99. The number of rotatable bonds is 4. The van der Waals surface area contributed by atoms with Gasteiger partial charge in [0.05, 0.1) is 0 Å². The molecule has 0 aromatic carbocycles. The summed E-state index contributed by atoms with van der Waals surface area (Å²) in [5, 5.41) is 3.38. The van der Waals surface area contributed by atoms with Crippen LogP contribution in [0.2, 0.25) is 0 Å². The van der Waals surface area contributed by atoms with Gasteiger partial charge >= 0.3 is 0 Å². The Kier molecular flexibility index (Phi) is 4.51. The number of anilines is 2. The first kappa shape index (κ1) is 14.8. The number of piperidine rings is 1. The fourth-order valence-corrected chi connectivity index (χ4v) is 2.74. The van der Waals surface area contributed by atoms with Crippen molar-refractivity contribution in [3.05, 3.63) is 42.0 Å². The zero-order valence-corrected chi connectivity index (χ0v) is 13.3. The molecule has 1 aliphatic rings. The SMILES string of the molecule is Cc1nc(NCc2ccncc2)cc(N2CCC(C)CC2)n1. The maximum Gasteiger partial charge on any atom is 0.134 e. The Balaban J connectivity index is 1.70. The van der Waals surface area contributed by atoms with Crippen molar-refractivity contribution in [3.8, 4) is 0 Å². The van der Waals surface area contributed by atoms with E-state index >= 15 is 0 Å². The van der Waals surface area contributed by atoms with Gasteiger partial charge in [-0.15, -0.1) is 0 Å². The summed E-state index contributed by atoms with van der Waals surface area (Å²) in [6, 6.07) is 6.08. The van der Waals surface area contributed by atoms with Crippen molar-refractivity contribution in [2.75, 3.05) is 23.3 Å². The molecular formula is C17H23N5. The average molecular weight is 297 g/mol. The highest BCUT2D eigenvalue weighted by molar-refractivity contribution is 5.49. The van der Waals surface area contributed by atoms with Gasteiger partial charge in [-0.2, -0.15) is 0 Å². The van der Waals surface area contributed by atoms with Gasteiger partial charge in [0.1, 0.15) is 17.5 Å². The topological polar surface area (TPSA) is 53.9 Å². The first-order valence-corrected chi connectivity index (χ1v) is 7.94. The Labute approximate surface area is 131 Å². The van der Waals surface area contributed by atoms with E-state index in [1.54, 1.807) is 0 Å². The van der Waals surface area contributed by atoms with Crippen LogP contribution in [0.25, 0.3) is 0 Å². The van der Waals surface area contributed by atoms with E-state index in [4.69, 9.17) is 0 Å². The molecular weight excluding hydrogens is 274 g/mol. The van der Waals surface area contributed by atoms with Crippen molar-refractivity contribution in [2.45, 2.75) is 33.2 Å². The third-order valence-corrected chi connectivity index (χ3v) is 4.16. The van der Waals surface area contributed by atoms with E-state index in [0.717, 1.165) is 43.0 Å². The summed E-state index contributed by atoms with van der Waals surface area (Å²) in [6.45, 7) is 7.19. The maximum absolute atomic E-state index is 4.60. The van der Waals surface area contributed by atoms with Gasteiger partial charge in [-0.05, 0) is 43.4 Å². The summed E-state index contributed by atoms with van der Waals surface area (Å²) < 4.78 is 0. The second kappa shape index (κ2) is 6.73. The molecule has 3 rings (SSSR count). The molecule has 0 radical (unpaired) electrons. The molecule has 2 aromatic rings. The first-order valence-electron chi connectivity index (χ1n) is 7.94. The van der Waals surface area contributed by atoms with Gasteiger partial charge in [-0.3, -0.25) is 4.98 Å². The van der Waals surface area contributed by atoms with Crippen LogP contribution in [-0.2, 0) is 6.54 Å². The molecule has 5 nitrogen and oxygen atoms in total. The second-order valence-corrected chi connectivity index (χ2v) is 6.04.